The van der Waals surface area contributed by atoms with E-state index >= 15 is 0 Å². The fourth-order valence-corrected chi connectivity index (χ4v) is 3.25. The molecule has 0 spiro atoms. The summed E-state index contributed by atoms with van der Waals surface area (Å²) < 4.78 is 0. The van der Waals surface area contributed by atoms with Gasteiger partial charge in [0.05, 0.1) is 6.54 Å². The summed E-state index contributed by atoms with van der Waals surface area (Å²) in [5.41, 5.74) is 0.234. The molecule has 1 unspecified atom stereocenters. The third-order valence-corrected chi connectivity index (χ3v) is 4.79. The Bertz CT molecular complexity index is 768. The average Bonchev–Trinajstić information content (AvgIpc) is 3.22. The van der Waals surface area contributed by atoms with Gasteiger partial charge in [-0.25, -0.2) is 4.98 Å². The quantitative estimate of drug-likeness (QED) is 0.872. The van der Waals surface area contributed by atoms with Crippen LogP contribution in [0.3, 0.4) is 0 Å². The minimum Gasteiger partial charge on any atom is -0.386 e. The Balaban J connectivity index is 1.65. The molecule has 0 bridgehead atoms. The molecule has 1 atom stereocenters. The van der Waals surface area contributed by atoms with Crippen LogP contribution in [0.15, 0.2) is 30.5 Å². The molecule has 0 aliphatic carbocycles. The molecule has 1 amide bonds. The normalized spacial score (nSPS) is 20.4. The summed E-state index contributed by atoms with van der Waals surface area (Å²) in [5.74, 6) is 0.654. The molecule has 1 fully saturated rings. The van der Waals surface area contributed by atoms with E-state index in [0.717, 1.165) is 11.5 Å². The van der Waals surface area contributed by atoms with Crippen molar-refractivity contribution in [3.8, 4) is 0 Å². The van der Waals surface area contributed by atoms with Gasteiger partial charge in [0.25, 0.3) is 5.91 Å². The summed E-state index contributed by atoms with van der Waals surface area (Å²) in [7, 11) is 1.70. The third kappa shape index (κ3) is 3.88. The number of rotatable bonds is 4. The molecule has 26 heavy (non-hydrogen) atoms. The second kappa shape index (κ2) is 6.72. The highest BCUT2D eigenvalue weighted by Crippen LogP contribution is 2.26. The van der Waals surface area contributed by atoms with E-state index in [9.17, 15) is 9.90 Å². The Labute approximate surface area is 154 Å². The van der Waals surface area contributed by atoms with E-state index < -0.39 is 5.60 Å². The standard InChI is InChI=1S/C19H27N5O2/c1-18(2,3)15-11-14(21-22-15)17(25)23(4)12-19(26)8-10-24(13-19)16-7-5-6-9-20-16/h5-7,9,11,26H,8,10,12-13H2,1-4H3,(H,21,22). The number of anilines is 1. The Morgan fingerprint density at radius 2 is 2.19 bits per heavy atom. The Morgan fingerprint density at radius 1 is 1.42 bits per heavy atom. The topological polar surface area (TPSA) is 85.4 Å². The number of aromatic nitrogens is 3. The van der Waals surface area contributed by atoms with Crippen molar-refractivity contribution >= 4 is 11.7 Å². The zero-order chi connectivity index (χ0) is 18.9. The zero-order valence-corrected chi connectivity index (χ0v) is 15.9. The number of hydrogen-bond acceptors (Lipinski definition) is 5. The number of carbonyl (C=O) groups is 1. The first-order valence-corrected chi connectivity index (χ1v) is 8.88. The highest BCUT2D eigenvalue weighted by atomic mass is 16.3. The Kier molecular flexibility index (Phi) is 4.75. The molecule has 1 aliphatic rings. The van der Waals surface area contributed by atoms with Crippen LogP contribution in [0.2, 0.25) is 0 Å². The molecule has 0 radical (unpaired) electrons. The molecule has 0 aromatic carbocycles. The number of aromatic amines is 1. The van der Waals surface area contributed by atoms with Crippen LogP contribution < -0.4 is 4.90 Å². The largest absolute Gasteiger partial charge is 0.386 e. The number of nitrogens with zero attached hydrogens (tertiary/aromatic N) is 4. The number of likely N-dealkylation sites (N-methyl/N-ethyl adjacent to an activating group) is 1. The van der Waals surface area contributed by atoms with Crippen molar-refractivity contribution < 1.29 is 9.90 Å². The minimum absolute atomic E-state index is 0.100. The Hall–Kier alpha value is -2.41. The molecular formula is C19H27N5O2. The van der Waals surface area contributed by atoms with Gasteiger partial charge in [-0.2, -0.15) is 5.10 Å². The lowest BCUT2D eigenvalue weighted by atomic mass is 9.92. The molecule has 1 saturated heterocycles. The first-order valence-electron chi connectivity index (χ1n) is 8.88. The monoisotopic (exact) mass is 357 g/mol. The van der Waals surface area contributed by atoms with Crippen LogP contribution in [-0.4, -0.2) is 63.4 Å². The molecule has 2 N–H and O–H groups in total. The van der Waals surface area contributed by atoms with Crippen LogP contribution in [0.4, 0.5) is 5.82 Å². The van der Waals surface area contributed by atoms with Crippen LogP contribution in [0.1, 0.15) is 43.4 Å². The van der Waals surface area contributed by atoms with Gasteiger partial charge in [-0.15, -0.1) is 0 Å². The van der Waals surface area contributed by atoms with Crippen molar-refractivity contribution in [3.63, 3.8) is 0 Å². The molecule has 2 aromatic heterocycles. The number of nitrogens with one attached hydrogen (secondary N) is 1. The van der Waals surface area contributed by atoms with Crippen molar-refractivity contribution in [2.75, 3.05) is 31.6 Å². The van der Waals surface area contributed by atoms with Crippen LogP contribution >= 0.6 is 0 Å². The van der Waals surface area contributed by atoms with Gasteiger partial charge in [-0.05, 0) is 24.6 Å². The van der Waals surface area contributed by atoms with Gasteiger partial charge in [0, 0.05) is 37.4 Å². The maximum Gasteiger partial charge on any atom is 0.274 e. The lowest BCUT2D eigenvalue weighted by molar-refractivity contribution is 0.0262. The fraction of sp³-hybridized carbons (Fsp3) is 0.526. The van der Waals surface area contributed by atoms with Crippen LogP contribution in [0.25, 0.3) is 0 Å². The van der Waals surface area contributed by atoms with Crippen LogP contribution in [0.5, 0.6) is 0 Å². The summed E-state index contributed by atoms with van der Waals surface area (Å²) in [6, 6.07) is 7.52. The number of pyridine rings is 1. The van der Waals surface area contributed by atoms with E-state index in [-0.39, 0.29) is 17.9 Å². The Morgan fingerprint density at radius 3 is 2.81 bits per heavy atom. The molecule has 7 heteroatoms. The van der Waals surface area contributed by atoms with Gasteiger partial charge in [-0.3, -0.25) is 9.89 Å². The van der Waals surface area contributed by atoms with Gasteiger partial charge in [-0.1, -0.05) is 26.8 Å². The first kappa shape index (κ1) is 18.4. The van der Waals surface area contributed by atoms with E-state index in [0.29, 0.717) is 25.2 Å². The number of aliphatic hydroxyl groups is 1. The van der Waals surface area contributed by atoms with Gasteiger partial charge >= 0.3 is 0 Å². The highest BCUT2D eigenvalue weighted by Gasteiger charge is 2.38. The van der Waals surface area contributed by atoms with E-state index in [1.54, 1.807) is 24.2 Å². The van der Waals surface area contributed by atoms with E-state index in [1.165, 1.54) is 0 Å². The zero-order valence-electron chi connectivity index (χ0n) is 15.9. The maximum atomic E-state index is 12.7. The van der Waals surface area contributed by atoms with Gasteiger partial charge in [0.1, 0.15) is 17.1 Å². The maximum absolute atomic E-state index is 12.7. The van der Waals surface area contributed by atoms with E-state index in [1.807, 2.05) is 23.1 Å². The summed E-state index contributed by atoms with van der Waals surface area (Å²) in [6.07, 6.45) is 2.34. The number of β-amino-alcohol motifs (C(OH)–C–C–N with tert-alkyl or cyclic N) is 1. The molecule has 7 nitrogen and oxygen atoms in total. The lowest BCUT2D eigenvalue weighted by Gasteiger charge is -2.28. The van der Waals surface area contributed by atoms with Gasteiger partial charge in [0.15, 0.2) is 0 Å². The fourth-order valence-electron chi connectivity index (χ4n) is 3.25. The first-order chi connectivity index (χ1) is 12.2. The second-order valence-corrected chi connectivity index (χ2v) is 8.16. The lowest BCUT2D eigenvalue weighted by Crippen LogP contribution is -2.46. The van der Waals surface area contributed by atoms with Crippen molar-refractivity contribution in [3.05, 3.63) is 41.9 Å². The van der Waals surface area contributed by atoms with Crippen molar-refractivity contribution in [2.24, 2.45) is 0 Å². The number of amides is 1. The van der Waals surface area contributed by atoms with Crippen molar-refractivity contribution in [1.82, 2.24) is 20.1 Å². The third-order valence-electron chi connectivity index (χ3n) is 4.79. The minimum atomic E-state index is -0.953. The van der Waals surface area contributed by atoms with Crippen molar-refractivity contribution in [1.29, 1.82) is 0 Å². The number of carbonyl (C=O) groups excluding carboxylic acids is 1. The van der Waals surface area contributed by atoms with Crippen LogP contribution in [-0.2, 0) is 5.41 Å². The SMILES string of the molecule is CN(CC1(O)CCN(c2ccccn2)C1)C(=O)c1cc(C(C)(C)C)[nH]n1. The molecule has 1 aliphatic heterocycles. The van der Waals surface area contributed by atoms with E-state index in [4.69, 9.17) is 0 Å². The average molecular weight is 357 g/mol. The van der Waals surface area contributed by atoms with Crippen molar-refractivity contribution in [2.45, 2.75) is 38.2 Å². The summed E-state index contributed by atoms with van der Waals surface area (Å²) in [5, 5.41) is 18.0. The highest BCUT2D eigenvalue weighted by molar-refractivity contribution is 5.92. The smallest absolute Gasteiger partial charge is 0.274 e. The number of H-pyrrole nitrogens is 1. The predicted octanol–water partition coefficient (Wildman–Crippen LogP) is 1.82. The molecule has 2 aromatic rings. The molecule has 3 rings (SSSR count). The predicted molar refractivity (Wildman–Crippen MR) is 100 cm³/mol. The molecule has 0 saturated carbocycles. The molecule has 140 valence electrons. The molecular weight excluding hydrogens is 330 g/mol. The summed E-state index contributed by atoms with van der Waals surface area (Å²) in [6.45, 7) is 7.61. The van der Waals surface area contributed by atoms with Gasteiger partial charge < -0.3 is 14.9 Å². The number of hydrogen-bond donors (Lipinski definition) is 2. The van der Waals surface area contributed by atoms with Crippen LogP contribution in [0, 0.1) is 0 Å². The summed E-state index contributed by atoms with van der Waals surface area (Å²) >= 11 is 0. The summed E-state index contributed by atoms with van der Waals surface area (Å²) in [4.78, 5) is 20.6. The van der Waals surface area contributed by atoms with Gasteiger partial charge in [0.2, 0.25) is 0 Å². The molecule has 3 heterocycles. The van der Waals surface area contributed by atoms with E-state index in [2.05, 4.69) is 36.0 Å². The second-order valence-electron chi connectivity index (χ2n) is 8.16.